The topological polar surface area (TPSA) is 66.4 Å². The van der Waals surface area contributed by atoms with Crippen molar-refractivity contribution in [2.45, 2.75) is 11.0 Å². The first-order valence-electron chi connectivity index (χ1n) is 4.82. The van der Waals surface area contributed by atoms with Crippen LogP contribution in [0.1, 0.15) is 0 Å². The molecule has 0 aliphatic carbocycles. The molecule has 1 aromatic rings. The van der Waals surface area contributed by atoms with Crippen LogP contribution in [0.4, 0.5) is 10.1 Å². The van der Waals surface area contributed by atoms with Crippen LogP contribution in [0.15, 0.2) is 23.1 Å². The lowest BCUT2D eigenvalue weighted by Crippen LogP contribution is -2.21. The molecule has 0 bridgehead atoms. The van der Waals surface area contributed by atoms with Gasteiger partial charge < -0.3 is 10.4 Å². The van der Waals surface area contributed by atoms with Crippen LogP contribution in [0, 0.1) is 5.82 Å². The Bertz CT molecular complexity index is 492. The first-order valence-corrected chi connectivity index (χ1v) is 7.24. The number of rotatable bonds is 5. The number of anilines is 1. The van der Waals surface area contributed by atoms with Crippen LogP contribution in [-0.4, -0.2) is 38.3 Å². The number of hydrogen-bond acceptors (Lipinski definition) is 4. The molecule has 1 aromatic carbocycles. The SMILES string of the molecule is CS(=O)(=O)c1ccc(NCC(O)CCl)c(F)c1. The molecule has 0 amide bonds. The van der Waals surface area contributed by atoms with Crippen molar-refractivity contribution in [3.63, 3.8) is 0 Å². The van der Waals surface area contributed by atoms with Gasteiger partial charge >= 0.3 is 0 Å². The van der Waals surface area contributed by atoms with Gasteiger partial charge in [0.1, 0.15) is 5.82 Å². The standard InChI is InChI=1S/C10H13ClFNO3S/c1-17(15,16)8-2-3-10(9(12)4-8)13-6-7(14)5-11/h2-4,7,13-14H,5-6H2,1H3. The van der Waals surface area contributed by atoms with Crippen LogP contribution in [0.3, 0.4) is 0 Å². The Labute approximate surface area is 104 Å². The van der Waals surface area contributed by atoms with Crippen molar-refractivity contribution in [1.29, 1.82) is 0 Å². The molecule has 1 unspecified atom stereocenters. The Morgan fingerprint density at radius 1 is 1.53 bits per heavy atom. The normalized spacial score (nSPS) is 13.4. The summed E-state index contributed by atoms with van der Waals surface area (Å²) in [7, 11) is -3.42. The van der Waals surface area contributed by atoms with E-state index < -0.39 is 21.8 Å². The first-order chi connectivity index (χ1) is 7.84. The maximum absolute atomic E-state index is 13.5. The molecule has 0 aliphatic rings. The highest BCUT2D eigenvalue weighted by Crippen LogP contribution is 2.18. The molecule has 2 N–H and O–H groups in total. The van der Waals surface area contributed by atoms with Crippen molar-refractivity contribution in [2.75, 3.05) is 24.0 Å². The first kappa shape index (κ1) is 14.2. The summed E-state index contributed by atoms with van der Waals surface area (Å²) in [5, 5.41) is 11.8. The Morgan fingerprint density at radius 3 is 2.65 bits per heavy atom. The Hall–Kier alpha value is -0.850. The molecule has 96 valence electrons. The zero-order valence-corrected chi connectivity index (χ0v) is 10.7. The van der Waals surface area contributed by atoms with E-state index in [9.17, 15) is 17.9 Å². The molecular weight excluding hydrogens is 269 g/mol. The molecule has 0 fully saturated rings. The van der Waals surface area contributed by atoms with Crippen LogP contribution in [-0.2, 0) is 9.84 Å². The van der Waals surface area contributed by atoms with Gasteiger partial charge in [-0.1, -0.05) is 0 Å². The molecule has 0 aromatic heterocycles. The number of halogens is 2. The lowest BCUT2D eigenvalue weighted by molar-refractivity contribution is 0.211. The van der Waals surface area contributed by atoms with Gasteiger partial charge in [0.2, 0.25) is 0 Å². The summed E-state index contributed by atoms with van der Waals surface area (Å²) in [5.41, 5.74) is 0.126. The second kappa shape index (κ2) is 5.66. The maximum atomic E-state index is 13.5. The monoisotopic (exact) mass is 281 g/mol. The number of alkyl halides is 1. The van der Waals surface area contributed by atoms with Gasteiger partial charge in [-0.3, -0.25) is 0 Å². The van der Waals surface area contributed by atoms with Crippen LogP contribution in [0.2, 0.25) is 0 Å². The molecule has 0 saturated heterocycles. The van der Waals surface area contributed by atoms with Crippen molar-refractivity contribution >= 4 is 27.1 Å². The number of hydrogen-bond donors (Lipinski definition) is 2. The fourth-order valence-electron chi connectivity index (χ4n) is 1.15. The molecule has 1 rings (SSSR count). The molecule has 0 heterocycles. The summed E-state index contributed by atoms with van der Waals surface area (Å²) in [6, 6.07) is 3.55. The molecule has 0 radical (unpaired) electrons. The highest BCUT2D eigenvalue weighted by Gasteiger charge is 2.11. The maximum Gasteiger partial charge on any atom is 0.175 e. The van der Waals surface area contributed by atoms with E-state index in [0.29, 0.717) is 0 Å². The van der Waals surface area contributed by atoms with Gasteiger partial charge in [0.05, 0.1) is 22.6 Å². The summed E-state index contributed by atoms with van der Waals surface area (Å²) < 4.78 is 35.8. The van der Waals surface area contributed by atoms with Crippen LogP contribution < -0.4 is 5.32 Å². The van der Waals surface area contributed by atoms with Gasteiger partial charge in [0.15, 0.2) is 9.84 Å². The molecule has 4 nitrogen and oxygen atoms in total. The summed E-state index contributed by atoms with van der Waals surface area (Å²) in [6.07, 6.45) is 0.220. The highest BCUT2D eigenvalue weighted by atomic mass is 35.5. The quantitative estimate of drug-likeness (QED) is 0.797. The van der Waals surface area contributed by atoms with E-state index in [1.54, 1.807) is 0 Å². The third-order valence-corrected chi connectivity index (χ3v) is 3.54. The average molecular weight is 282 g/mol. The molecule has 17 heavy (non-hydrogen) atoms. The lowest BCUT2D eigenvalue weighted by atomic mass is 10.3. The van der Waals surface area contributed by atoms with E-state index in [4.69, 9.17) is 11.6 Å². The molecular formula is C10H13ClFNO3S. The van der Waals surface area contributed by atoms with Gasteiger partial charge in [-0.05, 0) is 18.2 Å². The zero-order valence-electron chi connectivity index (χ0n) is 9.15. The number of aliphatic hydroxyl groups is 1. The lowest BCUT2D eigenvalue weighted by Gasteiger charge is -2.11. The third kappa shape index (κ3) is 4.14. The summed E-state index contributed by atoms with van der Waals surface area (Å²) in [4.78, 5) is -0.0848. The minimum Gasteiger partial charge on any atom is -0.390 e. The molecule has 0 saturated carbocycles. The van der Waals surface area contributed by atoms with E-state index in [2.05, 4.69) is 5.32 Å². The summed E-state index contributed by atoms with van der Waals surface area (Å²) in [5.74, 6) is -0.648. The van der Waals surface area contributed by atoms with Crippen LogP contribution in [0.5, 0.6) is 0 Å². The van der Waals surface area contributed by atoms with Gasteiger partial charge in [-0.15, -0.1) is 11.6 Å². The number of sulfone groups is 1. The average Bonchev–Trinajstić information content (AvgIpc) is 2.25. The van der Waals surface area contributed by atoms with Crippen molar-refractivity contribution in [3.05, 3.63) is 24.0 Å². The fourth-order valence-corrected chi connectivity index (χ4v) is 1.89. The largest absolute Gasteiger partial charge is 0.390 e. The second-order valence-corrected chi connectivity index (χ2v) is 5.93. The highest BCUT2D eigenvalue weighted by molar-refractivity contribution is 7.90. The smallest absolute Gasteiger partial charge is 0.175 e. The van der Waals surface area contributed by atoms with E-state index in [1.165, 1.54) is 12.1 Å². The minimum atomic E-state index is -3.42. The van der Waals surface area contributed by atoms with E-state index in [-0.39, 0.29) is 23.0 Å². The van der Waals surface area contributed by atoms with Crippen molar-refractivity contribution in [1.82, 2.24) is 0 Å². The predicted molar refractivity (Wildman–Crippen MR) is 64.7 cm³/mol. The van der Waals surface area contributed by atoms with Gasteiger partial charge in [-0.2, -0.15) is 0 Å². The predicted octanol–water partition coefficient (Wildman–Crippen LogP) is 1.24. The Kier molecular flexibility index (Phi) is 4.73. The minimum absolute atomic E-state index is 0.0377. The number of benzene rings is 1. The zero-order chi connectivity index (χ0) is 13.1. The Morgan fingerprint density at radius 2 is 2.18 bits per heavy atom. The molecule has 7 heteroatoms. The summed E-state index contributed by atoms with van der Waals surface area (Å²) in [6.45, 7) is 0.0959. The third-order valence-electron chi connectivity index (χ3n) is 2.07. The molecule has 1 atom stereocenters. The van der Waals surface area contributed by atoms with Gasteiger partial charge in [-0.25, -0.2) is 12.8 Å². The summed E-state index contributed by atoms with van der Waals surface area (Å²) >= 11 is 5.38. The van der Waals surface area contributed by atoms with E-state index in [1.807, 2.05) is 0 Å². The van der Waals surface area contributed by atoms with Gasteiger partial charge in [0, 0.05) is 12.8 Å². The van der Waals surface area contributed by atoms with E-state index in [0.717, 1.165) is 12.3 Å². The van der Waals surface area contributed by atoms with Gasteiger partial charge in [0.25, 0.3) is 0 Å². The van der Waals surface area contributed by atoms with Crippen molar-refractivity contribution < 1.29 is 17.9 Å². The fraction of sp³-hybridized carbons (Fsp3) is 0.400. The number of nitrogens with one attached hydrogen (secondary N) is 1. The van der Waals surface area contributed by atoms with Crippen molar-refractivity contribution in [3.8, 4) is 0 Å². The Balaban J connectivity index is 2.84. The van der Waals surface area contributed by atoms with Crippen molar-refractivity contribution in [2.24, 2.45) is 0 Å². The molecule has 0 aliphatic heterocycles. The van der Waals surface area contributed by atoms with Crippen LogP contribution in [0.25, 0.3) is 0 Å². The molecule has 0 spiro atoms. The second-order valence-electron chi connectivity index (χ2n) is 3.60. The van der Waals surface area contributed by atoms with Crippen LogP contribution >= 0.6 is 11.6 Å². The number of aliphatic hydroxyl groups excluding tert-OH is 1. The van der Waals surface area contributed by atoms with E-state index >= 15 is 0 Å².